The van der Waals surface area contributed by atoms with Gasteiger partial charge in [-0.1, -0.05) is 18.2 Å². The third-order valence-electron chi connectivity index (χ3n) is 3.05. The highest BCUT2D eigenvalue weighted by Crippen LogP contribution is 2.25. The molecule has 1 aromatic carbocycles. The highest BCUT2D eigenvalue weighted by Gasteiger charge is 2.12. The molecule has 0 fully saturated rings. The second-order valence-electron chi connectivity index (χ2n) is 4.13. The molecule has 1 heterocycles. The molecule has 0 spiro atoms. The van der Waals surface area contributed by atoms with Gasteiger partial charge in [-0.3, -0.25) is 10.1 Å². The van der Waals surface area contributed by atoms with Gasteiger partial charge in [0.2, 0.25) is 5.70 Å². The molecular weight excluding hydrogens is 216 g/mol. The van der Waals surface area contributed by atoms with Crippen LogP contribution in [0.25, 0.3) is 17.0 Å². The van der Waals surface area contributed by atoms with Crippen LogP contribution in [0.15, 0.2) is 30.0 Å². The van der Waals surface area contributed by atoms with Crippen molar-refractivity contribution in [3.63, 3.8) is 0 Å². The van der Waals surface area contributed by atoms with E-state index < -0.39 is 0 Å². The summed E-state index contributed by atoms with van der Waals surface area (Å²) in [5.74, 6) is 0. The highest BCUT2D eigenvalue weighted by molar-refractivity contribution is 5.87. The van der Waals surface area contributed by atoms with E-state index in [9.17, 15) is 10.1 Å². The number of rotatable bonds is 2. The van der Waals surface area contributed by atoms with Gasteiger partial charge in [0.25, 0.3) is 0 Å². The first kappa shape index (κ1) is 11.4. The zero-order valence-corrected chi connectivity index (χ0v) is 10.1. The molecule has 88 valence electrons. The van der Waals surface area contributed by atoms with Gasteiger partial charge < -0.3 is 4.57 Å². The van der Waals surface area contributed by atoms with E-state index in [4.69, 9.17) is 0 Å². The monoisotopic (exact) mass is 230 g/mol. The largest absolute Gasteiger partial charge is 0.344 e. The molecule has 1 aromatic heterocycles. The molecule has 0 aliphatic carbocycles. The summed E-state index contributed by atoms with van der Waals surface area (Å²) in [4.78, 5) is 10.3. The number of para-hydroxylation sites is 1. The van der Waals surface area contributed by atoms with Gasteiger partial charge in [-0.2, -0.15) is 0 Å². The maximum absolute atomic E-state index is 10.7. The van der Waals surface area contributed by atoms with Crippen molar-refractivity contribution in [2.45, 2.75) is 13.8 Å². The van der Waals surface area contributed by atoms with Crippen LogP contribution in [-0.2, 0) is 7.05 Å². The number of nitro groups is 1. The summed E-state index contributed by atoms with van der Waals surface area (Å²) in [5, 5.41) is 11.8. The first-order valence-electron chi connectivity index (χ1n) is 5.39. The maximum atomic E-state index is 10.7. The van der Waals surface area contributed by atoms with Crippen LogP contribution in [0.4, 0.5) is 0 Å². The number of allylic oxidation sites excluding steroid dienone is 1. The van der Waals surface area contributed by atoms with Crippen LogP contribution in [0.3, 0.4) is 0 Å². The zero-order chi connectivity index (χ0) is 12.6. The van der Waals surface area contributed by atoms with Crippen molar-refractivity contribution in [2.24, 2.45) is 7.05 Å². The van der Waals surface area contributed by atoms with E-state index in [1.807, 2.05) is 42.8 Å². The Morgan fingerprint density at radius 2 is 2.06 bits per heavy atom. The third-order valence-corrected chi connectivity index (χ3v) is 3.05. The Balaban J connectivity index is 2.71. The summed E-state index contributed by atoms with van der Waals surface area (Å²) >= 11 is 0. The fourth-order valence-electron chi connectivity index (χ4n) is 2.06. The van der Waals surface area contributed by atoms with Crippen molar-refractivity contribution in [1.29, 1.82) is 0 Å². The van der Waals surface area contributed by atoms with E-state index in [0.29, 0.717) is 0 Å². The molecule has 4 nitrogen and oxygen atoms in total. The van der Waals surface area contributed by atoms with Gasteiger partial charge in [-0.15, -0.1) is 0 Å². The second kappa shape index (κ2) is 4.05. The zero-order valence-electron chi connectivity index (χ0n) is 10.1. The molecule has 0 amide bonds. The molecule has 0 bridgehead atoms. The van der Waals surface area contributed by atoms with Gasteiger partial charge in [-0.25, -0.2) is 0 Å². The van der Waals surface area contributed by atoms with Gasteiger partial charge in [0, 0.05) is 31.0 Å². The Hall–Kier alpha value is -2.10. The van der Waals surface area contributed by atoms with Crippen LogP contribution >= 0.6 is 0 Å². The predicted octanol–water partition coefficient (Wildman–Crippen LogP) is 3.12. The first-order chi connectivity index (χ1) is 8.02. The Labute approximate surface area is 99.3 Å². The Morgan fingerprint density at radius 3 is 2.65 bits per heavy atom. The van der Waals surface area contributed by atoms with E-state index in [0.717, 1.165) is 22.2 Å². The smallest absolute Gasteiger partial charge is 0.245 e. The van der Waals surface area contributed by atoms with Gasteiger partial charge in [0.1, 0.15) is 0 Å². The van der Waals surface area contributed by atoms with Crippen molar-refractivity contribution in [2.75, 3.05) is 0 Å². The SMILES string of the molecule is C/C(=C\c1c(C)c2ccccc2n1C)[N+](=O)[O-]. The summed E-state index contributed by atoms with van der Waals surface area (Å²) < 4.78 is 1.98. The molecule has 0 atom stereocenters. The quantitative estimate of drug-likeness (QED) is 0.587. The summed E-state index contributed by atoms with van der Waals surface area (Å²) in [6, 6.07) is 7.99. The fourth-order valence-corrected chi connectivity index (χ4v) is 2.06. The average molecular weight is 230 g/mol. The van der Waals surface area contributed by atoms with E-state index in [1.54, 1.807) is 6.08 Å². The van der Waals surface area contributed by atoms with Crippen LogP contribution in [0.1, 0.15) is 18.2 Å². The van der Waals surface area contributed by atoms with Crippen molar-refractivity contribution in [3.8, 4) is 0 Å². The van der Waals surface area contributed by atoms with Crippen LogP contribution in [0, 0.1) is 17.0 Å². The average Bonchev–Trinajstić information content (AvgIpc) is 2.55. The number of nitrogens with zero attached hydrogens (tertiary/aromatic N) is 2. The van der Waals surface area contributed by atoms with Crippen molar-refractivity contribution in [1.82, 2.24) is 4.57 Å². The van der Waals surface area contributed by atoms with Crippen LogP contribution in [0.5, 0.6) is 0 Å². The molecule has 17 heavy (non-hydrogen) atoms. The van der Waals surface area contributed by atoms with Crippen LogP contribution in [-0.4, -0.2) is 9.49 Å². The molecule has 2 aromatic rings. The number of aryl methyl sites for hydroxylation is 2. The second-order valence-corrected chi connectivity index (χ2v) is 4.13. The summed E-state index contributed by atoms with van der Waals surface area (Å²) in [7, 11) is 1.92. The Kier molecular flexibility index (Phi) is 2.71. The van der Waals surface area contributed by atoms with Gasteiger partial charge in [0.15, 0.2) is 0 Å². The number of benzene rings is 1. The summed E-state index contributed by atoms with van der Waals surface area (Å²) in [6.45, 7) is 3.50. The minimum Gasteiger partial charge on any atom is -0.344 e. The molecule has 0 unspecified atom stereocenters. The molecule has 0 N–H and O–H groups in total. The lowest BCUT2D eigenvalue weighted by Crippen LogP contribution is -1.97. The molecular formula is C13H14N2O2. The third kappa shape index (κ3) is 1.82. The summed E-state index contributed by atoms with van der Waals surface area (Å²) in [5.41, 5.74) is 3.20. The molecule has 0 aliphatic heterocycles. The minimum absolute atomic E-state index is 0.152. The van der Waals surface area contributed by atoms with Gasteiger partial charge in [0.05, 0.1) is 10.6 Å². The van der Waals surface area contributed by atoms with Crippen molar-refractivity contribution in [3.05, 3.63) is 51.3 Å². The first-order valence-corrected chi connectivity index (χ1v) is 5.39. The van der Waals surface area contributed by atoms with Crippen molar-refractivity contribution >= 4 is 17.0 Å². The number of fused-ring (bicyclic) bond motifs is 1. The molecule has 0 saturated heterocycles. The lowest BCUT2D eigenvalue weighted by molar-refractivity contribution is -0.422. The summed E-state index contributed by atoms with van der Waals surface area (Å²) in [6.07, 6.45) is 1.62. The van der Waals surface area contributed by atoms with E-state index in [-0.39, 0.29) is 10.6 Å². The van der Waals surface area contributed by atoms with Gasteiger partial charge >= 0.3 is 0 Å². The normalized spacial score (nSPS) is 12.1. The fraction of sp³-hybridized carbons (Fsp3) is 0.231. The number of hydrogen-bond acceptors (Lipinski definition) is 2. The standard InChI is InChI=1S/C13H14N2O2/c1-9(15(16)17)8-13-10(2)11-6-4-5-7-12(11)14(13)3/h4-8H,1-3H3/b9-8+. The molecule has 4 heteroatoms. The topological polar surface area (TPSA) is 48.1 Å². The molecule has 0 saturated carbocycles. The van der Waals surface area contributed by atoms with E-state index in [2.05, 4.69) is 0 Å². The van der Waals surface area contributed by atoms with Crippen LogP contribution in [0.2, 0.25) is 0 Å². The molecule has 0 aliphatic rings. The Morgan fingerprint density at radius 1 is 1.41 bits per heavy atom. The molecule has 2 rings (SSSR count). The highest BCUT2D eigenvalue weighted by atomic mass is 16.6. The predicted molar refractivity (Wildman–Crippen MR) is 68.3 cm³/mol. The number of aromatic nitrogens is 1. The van der Waals surface area contributed by atoms with Crippen molar-refractivity contribution < 1.29 is 4.92 Å². The lowest BCUT2D eigenvalue weighted by Gasteiger charge is -1.99. The van der Waals surface area contributed by atoms with Gasteiger partial charge in [-0.05, 0) is 18.6 Å². The number of hydrogen-bond donors (Lipinski definition) is 0. The van der Waals surface area contributed by atoms with E-state index in [1.165, 1.54) is 6.92 Å². The lowest BCUT2D eigenvalue weighted by atomic mass is 10.1. The molecule has 0 radical (unpaired) electrons. The Bertz CT molecular complexity index is 585. The minimum atomic E-state index is -0.364. The van der Waals surface area contributed by atoms with E-state index >= 15 is 0 Å². The maximum Gasteiger partial charge on any atom is 0.245 e. The van der Waals surface area contributed by atoms with Crippen LogP contribution < -0.4 is 0 Å².